The molecule has 0 amide bonds. The summed E-state index contributed by atoms with van der Waals surface area (Å²) >= 11 is 6.08. The molecule has 4 rings (SSSR count). The summed E-state index contributed by atoms with van der Waals surface area (Å²) in [5, 5.41) is 8.88. The van der Waals surface area contributed by atoms with Crippen molar-refractivity contribution < 1.29 is 0 Å². The maximum atomic E-state index is 6.08. The van der Waals surface area contributed by atoms with Crippen LogP contribution in [0.1, 0.15) is 23.2 Å². The van der Waals surface area contributed by atoms with Crippen LogP contribution in [0.25, 0.3) is 5.65 Å². The highest BCUT2D eigenvalue weighted by molar-refractivity contribution is 6.30. The topological polar surface area (TPSA) is 45.5 Å². The van der Waals surface area contributed by atoms with Crippen molar-refractivity contribution in [2.24, 2.45) is 0 Å². The predicted octanol–water partition coefficient (Wildman–Crippen LogP) is 3.06. The smallest absolute Gasteiger partial charge is 0.155 e. The van der Waals surface area contributed by atoms with Crippen LogP contribution in [-0.4, -0.2) is 38.6 Å². The first-order chi connectivity index (χ1) is 12.2. The van der Waals surface area contributed by atoms with Gasteiger partial charge in [-0.15, -0.1) is 0 Å². The second kappa shape index (κ2) is 7.12. The Balaban J connectivity index is 1.31. The van der Waals surface area contributed by atoms with Gasteiger partial charge in [0.15, 0.2) is 5.65 Å². The number of nitrogens with zero attached hydrogens (tertiary/aromatic N) is 4. The van der Waals surface area contributed by atoms with Crippen LogP contribution in [0.3, 0.4) is 0 Å². The largest absolute Gasteiger partial charge is 0.308 e. The third-order valence-corrected chi connectivity index (χ3v) is 4.89. The average Bonchev–Trinajstić information content (AvgIpc) is 3.17. The van der Waals surface area contributed by atoms with E-state index in [4.69, 9.17) is 11.6 Å². The first kappa shape index (κ1) is 16.5. The molecular formula is C19H22ClN5. The summed E-state index contributed by atoms with van der Waals surface area (Å²) in [5.41, 5.74) is 4.32. The van der Waals surface area contributed by atoms with Crippen LogP contribution in [0.4, 0.5) is 0 Å². The van der Waals surface area contributed by atoms with E-state index in [9.17, 15) is 0 Å². The van der Waals surface area contributed by atoms with Gasteiger partial charge in [0.05, 0.1) is 5.69 Å². The predicted molar refractivity (Wildman–Crippen MR) is 99.7 cm³/mol. The number of hydrogen-bond acceptors (Lipinski definition) is 4. The van der Waals surface area contributed by atoms with Gasteiger partial charge >= 0.3 is 0 Å². The average molecular weight is 356 g/mol. The molecule has 1 aliphatic rings. The molecule has 1 fully saturated rings. The first-order valence-electron chi connectivity index (χ1n) is 8.67. The fourth-order valence-electron chi connectivity index (χ4n) is 3.42. The molecule has 0 aliphatic carbocycles. The number of aromatic nitrogens is 3. The van der Waals surface area contributed by atoms with Gasteiger partial charge in [-0.3, -0.25) is 4.90 Å². The number of halogens is 1. The standard InChI is InChI=1S/C19H22ClN5/c1-14-7-19-22-10-16(12-25(19)23-14)9-21-18-5-6-24(13-18)11-15-3-2-4-17(20)8-15/h2-4,7-8,10,12,18,21H,5-6,9,11,13H2,1H3. The van der Waals surface area contributed by atoms with Crippen LogP contribution in [0.2, 0.25) is 5.02 Å². The molecule has 0 saturated carbocycles. The van der Waals surface area contributed by atoms with E-state index in [1.54, 1.807) is 0 Å². The van der Waals surface area contributed by atoms with Crippen LogP contribution < -0.4 is 5.32 Å². The number of likely N-dealkylation sites (tertiary alicyclic amines) is 1. The fourth-order valence-corrected chi connectivity index (χ4v) is 3.64. The zero-order valence-corrected chi connectivity index (χ0v) is 15.1. The number of fused-ring (bicyclic) bond motifs is 1. The number of nitrogens with one attached hydrogen (secondary N) is 1. The van der Waals surface area contributed by atoms with Gasteiger partial charge in [0, 0.05) is 61.3 Å². The van der Waals surface area contributed by atoms with Crippen LogP contribution in [0.15, 0.2) is 42.7 Å². The molecular weight excluding hydrogens is 334 g/mol. The molecule has 2 aromatic heterocycles. The van der Waals surface area contributed by atoms with Crippen molar-refractivity contribution in [1.82, 2.24) is 24.8 Å². The van der Waals surface area contributed by atoms with Crippen molar-refractivity contribution in [2.75, 3.05) is 13.1 Å². The molecule has 0 radical (unpaired) electrons. The monoisotopic (exact) mass is 355 g/mol. The lowest BCUT2D eigenvalue weighted by Crippen LogP contribution is -2.32. The molecule has 130 valence electrons. The lowest BCUT2D eigenvalue weighted by atomic mass is 10.2. The first-order valence-corrected chi connectivity index (χ1v) is 9.04. The second-order valence-corrected chi connectivity index (χ2v) is 7.22. The summed E-state index contributed by atoms with van der Waals surface area (Å²) in [6.45, 7) is 5.93. The molecule has 1 aromatic carbocycles. The molecule has 3 aromatic rings. The van der Waals surface area contributed by atoms with Gasteiger partial charge in [-0.2, -0.15) is 5.10 Å². The Bertz CT molecular complexity index is 875. The Hall–Kier alpha value is -1.95. The summed E-state index contributed by atoms with van der Waals surface area (Å²) in [4.78, 5) is 6.94. The molecule has 6 heteroatoms. The maximum Gasteiger partial charge on any atom is 0.155 e. The van der Waals surface area contributed by atoms with Gasteiger partial charge in [-0.05, 0) is 31.0 Å². The molecule has 3 heterocycles. The lowest BCUT2D eigenvalue weighted by molar-refractivity contribution is 0.320. The Morgan fingerprint density at radius 1 is 1.28 bits per heavy atom. The van der Waals surface area contributed by atoms with Crippen molar-refractivity contribution in [3.63, 3.8) is 0 Å². The summed E-state index contributed by atoms with van der Waals surface area (Å²) in [5.74, 6) is 0. The van der Waals surface area contributed by atoms with E-state index >= 15 is 0 Å². The third kappa shape index (κ3) is 4.00. The van der Waals surface area contributed by atoms with E-state index in [-0.39, 0.29) is 0 Å². The number of rotatable bonds is 5. The van der Waals surface area contributed by atoms with E-state index in [1.807, 2.05) is 35.8 Å². The number of aryl methyl sites for hydroxylation is 1. The number of hydrogen-bond donors (Lipinski definition) is 1. The van der Waals surface area contributed by atoms with E-state index in [0.29, 0.717) is 6.04 Å². The normalized spacial score (nSPS) is 18.2. The molecule has 5 nitrogen and oxygen atoms in total. The van der Waals surface area contributed by atoms with Gasteiger partial charge < -0.3 is 5.32 Å². The highest BCUT2D eigenvalue weighted by Gasteiger charge is 2.22. The molecule has 0 spiro atoms. The molecule has 0 bridgehead atoms. The Kier molecular flexibility index (Phi) is 4.70. The summed E-state index contributed by atoms with van der Waals surface area (Å²) in [6.07, 6.45) is 5.15. The summed E-state index contributed by atoms with van der Waals surface area (Å²) < 4.78 is 1.85. The SMILES string of the molecule is Cc1cc2ncc(CNC3CCN(Cc4cccc(Cl)c4)C3)cn2n1. The van der Waals surface area contributed by atoms with Crippen LogP contribution in [0.5, 0.6) is 0 Å². The Morgan fingerprint density at radius 3 is 3.08 bits per heavy atom. The molecule has 1 unspecified atom stereocenters. The number of benzene rings is 1. The van der Waals surface area contributed by atoms with Gasteiger partial charge in [-0.25, -0.2) is 9.50 Å². The quantitative estimate of drug-likeness (QED) is 0.764. The van der Waals surface area contributed by atoms with Crippen molar-refractivity contribution >= 4 is 17.2 Å². The Labute approximate surface area is 152 Å². The van der Waals surface area contributed by atoms with E-state index < -0.39 is 0 Å². The van der Waals surface area contributed by atoms with E-state index in [2.05, 4.69) is 38.6 Å². The van der Waals surface area contributed by atoms with Crippen molar-refractivity contribution in [1.29, 1.82) is 0 Å². The minimum Gasteiger partial charge on any atom is -0.308 e. The zero-order chi connectivity index (χ0) is 17.2. The summed E-state index contributed by atoms with van der Waals surface area (Å²) in [7, 11) is 0. The van der Waals surface area contributed by atoms with Crippen molar-refractivity contribution in [3.8, 4) is 0 Å². The Morgan fingerprint density at radius 2 is 2.20 bits per heavy atom. The van der Waals surface area contributed by atoms with E-state index in [0.717, 1.165) is 54.5 Å². The van der Waals surface area contributed by atoms with Gasteiger partial charge in [0.25, 0.3) is 0 Å². The molecule has 1 aliphatic heterocycles. The molecule has 1 N–H and O–H groups in total. The fraction of sp³-hybridized carbons (Fsp3) is 0.368. The minimum absolute atomic E-state index is 0.509. The van der Waals surface area contributed by atoms with Gasteiger partial charge in [0.1, 0.15) is 0 Å². The molecule has 1 saturated heterocycles. The molecule has 1 atom stereocenters. The van der Waals surface area contributed by atoms with Gasteiger partial charge in [-0.1, -0.05) is 23.7 Å². The van der Waals surface area contributed by atoms with Crippen molar-refractivity contribution in [3.05, 3.63) is 64.6 Å². The molecule has 25 heavy (non-hydrogen) atoms. The van der Waals surface area contributed by atoms with E-state index in [1.165, 1.54) is 5.56 Å². The highest BCUT2D eigenvalue weighted by atomic mass is 35.5. The van der Waals surface area contributed by atoms with Crippen LogP contribution >= 0.6 is 11.6 Å². The van der Waals surface area contributed by atoms with Crippen molar-refractivity contribution in [2.45, 2.75) is 32.5 Å². The second-order valence-electron chi connectivity index (χ2n) is 6.78. The maximum absolute atomic E-state index is 6.08. The van der Waals surface area contributed by atoms with Crippen LogP contribution in [-0.2, 0) is 13.1 Å². The highest BCUT2D eigenvalue weighted by Crippen LogP contribution is 2.17. The van der Waals surface area contributed by atoms with Gasteiger partial charge in [0.2, 0.25) is 0 Å². The summed E-state index contributed by atoms with van der Waals surface area (Å²) in [6, 6.07) is 10.6. The third-order valence-electron chi connectivity index (χ3n) is 4.65. The zero-order valence-electron chi connectivity index (χ0n) is 14.3. The minimum atomic E-state index is 0.509. The lowest BCUT2D eigenvalue weighted by Gasteiger charge is -2.17. The van der Waals surface area contributed by atoms with Crippen LogP contribution in [0, 0.1) is 6.92 Å².